The Morgan fingerprint density at radius 3 is 2.55 bits per heavy atom. The van der Waals surface area contributed by atoms with Crippen LogP contribution in [0.2, 0.25) is 5.02 Å². The molecule has 0 N–H and O–H groups in total. The van der Waals surface area contributed by atoms with Gasteiger partial charge in [0.15, 0.2) is 0 Å². The third kappa shape index (κ3) is 4.55. The largest absolute Gasteiger partial charge is 0.417 e. The standard InChI is InChI=1S/C15H13ClF3NOS/c16-12-4-1-2-5-13(12)22-9-3-8-20-10-11(15(17,18)19)6-7-14(20)21/h1-2,4-7,10H,3,8-9H2. The number of aromatic nitrogens is 1. The van der Waals surface area contributed by atoms with E-state index in [1.54, 1.807) is 6.07 Å². The second-order valence-corrected chi connectivity index (χ2v) is 6.12. The number of hydrogen-bond donors (Lipinski definition) is 0. The molecule has 0 saturated heterocycles. The van der Waals surface area contributed by atoms with E-state index in [1.807, 2.05) is 18.2 Å². The van der Waals surface area contributed by atoms with Gasteiger partial charge in [-0.25, -0.2) is 0 Å². The molecule has 1 aromatic carbocycles. The lowest BCUT2D eigenvalue weighted by Gasteiger charge is -2.10. The molecule has 2 rings (SSSR count). The first-order chi connectivity index (χ1) is 10.4. The monoisotopic (exact) mass is 347 g/mol. The van der Waals surface area contributed by atoms with Gasteiger partial charge in [-0.1, -0.05) is 23.7 Å². The molecule has 1 heterocycles. The summed E-state index contributed by atoms with van der Waals surface area (Å²) in [5, 5.41) is 0.642. The summed E-state index contributed by atoms with van der Waals surface area (Å²) in [7, 11) is 0. The van der Waals surface area contributed by atoms with E-state index in [9.17, 15) is 18.0 Å². The topological polar surface area (TPSA) is 22.0 Å². The van der Waals surface area contributed by atoms with Gasteiger partial charge in [0.2, 0.25) is 0 Å². The van der Waals surface area contributed by atoms with Crippen LogP contribution < -0.4 is 5.56 Å². The summed E-state index contributed by atoms with van der Waals surface area (Å²) < 4.78 is 39.0. The third-order valence-electron chi connectivity index (χ3n) is 2.95. The molecule has 0 fully saturated rings. The van der Waals surface area contributed by atoms with Crippen molar-refractivity contribution in [2.24, 2.45) is 0 Å². The summed E-state index contributed by atoms with van der Waals surface area (Å²) in [6.07, 6.45) is -3.01. The van der Waals surface area contributed by atoms with Crippen LogP contribution in [0.3, 0.4) is 0 Å². The maximum absolute atomic E-state index is 12.6. The number of benzene rings is 1. The average Bonchev–Trinajstić information content (AvgIpc) is 2.45. The van der Waals surface area contributed by atoms with Crippen molar-refractivity contribution >= 4 is 23.4 Å². The van der Waals surface area contributed by atoms with E-state index >= 15 is 0 Å². The summed E-state index contributed by atoms with van der Waals surface area (Å²) in [6, 6.07) is 9.10. The molecule has 0 unspecified atom stereocenters. The van der Waals surface area contributed by atoms with E-state index in [4.69, 9.17) is 11.6 Å². The van der Waals surface area contributed by atoms with Crippen molar-refractivity contribution < 1.29 is 13.2 Å². The van der Waals surface area contributed by atoms with Gasteiger partial charge in [-0.05, 0) is 30.4 Å². The Labute approximate surface area is 134 Å². The fourth-order valence-electron chi connectivity index (χ4n) is 1.85. The fraction of sp³-hybridized carbons (Fsp3) is 0.267. The van der Waals surface area contributed by atoms with E-state index in [0.29, 0.717) is 17.2 Å². The molecule has 2 aromatic rings. The van der Waals surface area contributed by atoms with E-state index in [1.165, 1.54) is 11.8 Å². The summed E-state index contributed by atoms with van der Waals surface area (Å²) >= 11 is 7.53. The summed E-state index contributed by atoms with van der Waals surface area (Å²) in [5.74, 6) is 0.659. The van der Waals surface area contributed by atoms with Crippen molar-refractivity contribution in [1.82, 2.24) is 4.57 Å². The van der Waals surface area contributed by atoms with Crippen LogP contribution in [0.4, 0.5) is 13.2 Å². The first-order valence-corrected chi connectivity index (χ1v) is 7.89. The molecule has 0 atom stereocenters. The van der Waals surface area contributed by atoms with Crippen LogP contribution in [-0.4, -0.2) is 10.3 Å². The zero-order valence-electron chi connectivity index (χ0n) is 11.4. The number of rotatable bonds is 5. The lowest BCUT2D eigenvalue weighted by Crippen LogP contribution is -2.21. The van der Waals surface area contributed by atoms with Gasteiger partial charge in [-0.15, -0.1) is 11.8 Å². The lowest BCUT2D eigenvalue weighted by atomic mass is 10.2. The van der Waals surface area contributed by atoms with Crippen LogP contribution in [-0.2, 0) is 12.7 Å². The van der Waals surface area contributed by atoms with Gasteiger partial charge in [-0.3, -0.25) is 4.79 Å². The summed E-state index contributed by atoms with van der Waals surface area (Å²) in [5.41, 5.74) is -1.25. The molecule has 0 saturated carbocycles. The number of halogens is 4. The maximum Gasteiger partial charge on any atom is 0.417 e. The fourth-order valence-corrected chi connectivity index (χ4v) is 3.03. The van der Waals surface area contributed by atoms with Crippen LogP contribution >= 0.6 is 23.4 Å². The Balaban J connectivity index is 1.95. The van der Waals surface area contributed by atoms with Crippen LogP contribution in [0.15, 0.2) is 52.3 Å². The minimum absolute atomic E-state index is 0.236. The molecule has 0 spiro atoms. The molecule has 0 aliphatic carbocycles. The number of nitrogens with zero attached hydrogens (tertiary/aromatic N) is 1. The molecule has 1 aromatic heterocycles. The van der Waals surface area contributed by atoms with Crippen molar-refractivity contribution in [2.45, 2.75) is 24.0 Å². The highest BCUT2D eigenvalue weighted by Crippen LogP contribution is 2.29. The second kappa shape index (κ2) is 7.24. The Morgan fingerprint density at radius 2 is 1.86 bits per heavy atom. The SMILES string of the molecule is O=c1ccc(C(F)(F)F)cn1CCCSc1ccccc1Cl. The van der Waals surface area contributed by atoms with E-state index in [0.717, 1.165) is 27.8 Å². The number of hydrogen-bond acceptors (Lipinski definition) is 2. The number of alkyl halides is 3. The predicted molar refractivity (Wildman–Crippen MR) is 82.5 cm³/mol. The molecule has 2 nitrogen and oxygen atoms in total. The normalized spacial score (nSPS) is 11.6. The Kier molecular flexibility index (Phi) is 5.58. The highest BCUT2D eigenvalue weighted by atomic mass is 35.5. The van der Waals surface area contributed by atoms with Crippen molar-refractivity contribution in [2.75, 3.05) is 5.75 Å². The minimum Gasteiger partial charge on any atom is -0.315 e. The van der Waals surface area contributed by atoms with E-state index in [-0.39, 0.29) is 6.54 Å². The molecule has 118 valence electrons. The number of aryl methyl sites for hydroxylation is 1. The smallest absolute Gasteiger partial charge is 0.315 e. The minimum atomic E-state index is -4.44. The molecule has 7 heteroatoms. The highest BCUT2D eigenvalue weighted by Gasteiger charge is 2.30. The van der Waals surface area contributed by atoms with Gasteiger partial charge in [0.1, 0.15) is 0 Å². The number of pyridine rings is 1. The summed E-state index contributed by atoms with van der Waals surface area (Å²) in [6.45, 7) is 0.236. The molecule has 0 bridgehead atoms. The van der Waals surface area contributed by atoms with E-state index in [2.05, 4.69) is 0 Å². The average molecular weight is 348 g/mol. The zero-order valence-corrected chi connectivity index (χ0v) is 13.0. The maximum atomic E-state index is 12.6. The predicted octanol–water partition coefficient (Wildman–Crippen LogP) is 4.70. The van der Waals surface area contributed by atoms with Crippen LogP contribution in [0.5, 0.6) is 0 Å². The van der Waals surface area contributed by atoms with Crippen LogP contribution in [0.25, 0.3) is 0 Å². The number of thioether (sulfide) groups is 1. The van der Waals surface area contributed by atoms with Crippen molar-refractivity contribution in [3.63, 3.8) is 0 Å². The Morgan fingerprint density at radius 1 is 1.14 bits per heavy atom. The molecule has 0 aliphatic heterocycles. The molecule has 0 radical (unpaired) electrons. The van der Waals surface area contributed by atoms with Crippen molar-refractivity contribution in [3.05, 3.63) is 63.5 Å². The van der Waals surface area contributed by atoms with Crippen molar-refractivity contribution in [1.29, 1.82) is 0 Å². The molecule has 0 aliphatic rings. The zero-order chi connectivity index (χ0) is 16.2. The van der Waals surface area contributed by atoms with Gasteiger partial charge in [0, 0.05) is 23.7 Å². The molecule has 0 amide bonds. The Bertz CT molecular complexity index is 700. The highest BCUT2D eigenvalue weighted by molar-refractivity contribution is 7.99. The van der Waals surface area contributed by atoms with Gasteiger partial charge in [-0.2, -0.15) is 13.2 Å². The lowest BCUT2D eigenvalue weighted by molar-refractivity contribution is -0.138. The van der Waals surface area contributed by atoms with E-state index < -0.39 is 17.3 Å². The second-order valence-electron chi connectivity index (χ2n) is 4.58. The van der Waals surface area contributed by atoms with Gasteiger partial charge >= 0.3 is 6.18 Å². The van der Waals surface area contributed by atoms with Crippen LogP contribution in [0.1, 0.15) is 12.0 Å². The molecular weight excluding hydrogens is 335 g/mol. The van der Waals surface area contributed by atoms with Crippen LogP contribution in [0, 0.1) is 0 Å². The summed E-state index contributed by atoms with van der Waals surface area (Å²) in [4.78, 5) is 12.5. The van der Waals surface area contributed by atoms with Crippen molar-refractivity contribution in [3.8, 4) is 0 Å². The first kappa shape index (κ1) is 17.0. The Hall–Kier alpha value is -1.40. The van der Waals surface area contributed by atoms with Gasteiger partial charge < -0.3 is 4.57 Å². The van der Waals surface area contributed by atoms with Gasteiger partial charge in [0.25, 0.3) is 5.56 Å². The quantitative estimate of drug-likeness (QED) is 0.577. The van der Waals surface area contributed by atoms with Gasteiger partial charge in [0.05, 0.1) is 10.6 Å². The first-order valence-electron chi connectivity index (χ1n) is 6.53. The molecular formula is C15H13ClF3NOS. The molecule has 22 heavy (non-hydrogen) atoms. The third-order valence-corrected chi connectivity index (χ3v) is 4.55.